The van der Waals surface area contributed by atoms with Crippen LogP contribution in [0, 0.1) is 0 Å². The van der Waals surface area contributed by atoms with Crippen LogP contribution in [0.4, 0.5) is 4.79 Å². The number of carbonyl (C=O) groups is 1. The highest BCUT2D eigenvalue weighted by Crippen LogP contribution is 2.24. The highest BCUT2D eigenvalue weighted by atomic mass is 32.1. The molecule has 0 radical (unpaired) electrons. The third kappa shape index (κ3) is 3.75. The predicted octanol–water partition coefficient (Wildman–Crippen LogP) is 2.23. The highest BCUT2D eigenvalue weighted by Gasteiger charge is 2.36. The Labute approximate surface area is 129 Å². The van der Waals surface area contributed by atoms with Crippen LogP contribution >= 0.6 is 11.3 Å². The largest absolute Gasteiger partial charge is 0.348 e. The Hall–Kier alpha value is -1.11. The molecule has 2 aliphatic rings. The minimum Gasteiger partial charge on any atom is -0.348 e. The molecule has 0 spiro atoms. The number of ether oxygens (including phenoxy) is 2. The zero-order valence-corrected chi connectivity index (χ0v) is 12.9. The quantitative estimate of drug-likeness (QED) is 0.928. The number of nitrogens with zero attached hydrogens (tertiary/aromatic N) is 1. The summed E-state index contributed by atoms with van der Waals surface area (Å²) < 4.78 is 11.2. The van der Waals surface area contributed by atoms with E-state index in [2.05, 4.69) is 16.8 Å². The summed E-state index contributed by atoms with van der Waals surface area (Å²) in [6.07, 6.45) is 3.80. The van der Waals surface area contributed by atoms with Gasteiger partial charge in [0.05, 0.1) is 19.3 Å². The Balaban J connectivity index is 1.51. The fourth-order valence-corrected chi connectivity index (χ4v) is 3.65. The zero-order valence-electron chi connectivity index (χ0n) is 12.1. The van der Waals surface area contributed by atoms with Gasteiger partial charge in [-0.15, -0.1) is 11.3 Å². The molecule has 1 unspecified atom stereocenters. The van der Waals surface area contributed by atoms with Gasteiger partial charge in [-0.3, -0.25) is 0 Å². The van der Waals surface area contributed by atoms with E-state index in [1.54, 1.807) is 11.3 Å². The van der Waals surface area contributed by atoms with Gasteiger partial charge in [0.25, 0.3) is 0 Å². The summed E-state index contributed by atoms with van der Waals surface area (Å²) in [5.74, 6) is 0. The Morgan fingerprint density at radius 2 is 2.24 bits per heavy atom. The molecule has 0 bridgehead atoms. The van der Waals surface area contributed by atoms with Crippen molar-refractivity contribution in [3.63, 3.8) is 0 Å². The molecule has 1 N–H and O–H groups in total. The third-order valence-corrected chi connectivity index (χ3v) is 4.94. The molecule has 5 nitrogen and oxygen atoms in total. The molecule has 0 saturated carbocycles. The maximum absolute atomic E-state index is 12.4. The minimum atomic E-state index is -0.242. The molecule has 116 valence electrons. The minimum absolute atomic E-state index is 0.00959. The molecule has 0 aromatic carbocycles. The first-order valence-corrected chi connectivity index (χ1v) is 8.52. The second kappa shape index (κ2) is 7.24. The number of hydrogen-bond donors (Lipinski definition) is 1. The van der Waals surface area contributed by atoms with Gasteiger partial charge in [-0.2, -0.15) is 0 Å². The Kier molecular flexibility index (Phi) is 5.11. The van der Waals surface area contributed by atoms with Crippen molar-refractivity contribution in [1.29, 1.82) is 0 Å². The van der Waals surface area contributed by atoms with Crippen molar-refractivity contribution < 1.29 is 14.3 Å². The van der Waals surface area contributed by atoms with Crippen molar-refractivity contribution in [2.75, 3.05) is 26.3 Å². The van der Waals surface area contributed by atoms with Crippen LogP contribution in [0.5, 0.6) is 0 Å². The van der Waals surface area contributed by atoms with Crippen LogP contribution in [0.25, 0.3) is 0 Å². The first kappa shape index (κ1) is 14.8. The first-order valence-electron chi connectivity index (χ1n) is 7.64. The van der Waals surface area contributed by atoms with E-state index < -0.39 is 0 Å². The van der Waals surface area contributed by atoms with Crippen LogP contribution in [0.2, 0.25) is 0 Å². The lowest BCUT2D eigenvalue weighted by molar-refractivity contribution is -0.0982. The van der Waals surface area contributed by atoms with E-state index in [-0.39, 0.29) is 18.4 Å². The maximum atomic E-state index is 12.4. The first-order chi connectivity index (χ1) is 10.3. The second-order valence-electron chi connectivity index (χ2n) is 5.43. The molecule has 6 heteroatoms. The van der Waals surface area contributed by atoms with E-state index in [0.29, 0.717) is 19.8 Å². The fraction of sp³-hybridized carbons (Fsp3) is 0.667. The van der Waals surface area contributed by atoms with Crippen molar-refractivity contribution in [3.8, 4) is 0 Å². The molecule has 21 heavy (non-hydrogen) atoms. The van der Waals surface area contributed by atoms with E-state index in [4.69, 9.17) is 9.47 Å². The van der Waals surface area contributed by atoms with Crippen molar-refractivity contribution in [2.45, 2.75) is 38.0 Å². The van der Waals surface area contributed by atoms with Gasteiger partial charge in [0, 0.05) is 18.0 Å². The Bertz CT molecular complexity index is 446. The molecule has 3 rings (SSSR count). The van der Waals surface area contributed by atoms with E-state index in [9.17, 15) is 4.79 Å². The Morgan fingerprint density at radius 3 is 3.00 bits per heavy atom. The number of urea groups is 1. The topological polar surface area (TPSA) is 50.8 Å². The molecular formula is C15H22N2O3S. The standard InChI is InChI=1S/C15H22N2O3S/c18-15(16-7-6-12-4-3-11-21-12)17-8-2-1-5-13(17)14-19-9-10-20-14/h3-4,11,13-14H,1-2,5-10H2,(H,16,18). The maximum Gasteiger partial charge on any atom is 0.317 e. The van der Waals surface area contributed by atoms with Crippen molar-refractivity contribution in [3.05, 3.63) is 22.4 Å². The lowest BCUT2D eigenvalue weighted by atomic mass is 10.0. The number of nitrogens with one attached hydrogen (secondary N) is 1. The molecule has 2 amide bonds. The van der Waals surface area contributed by atoms with Gasteiger partial charge in [-0.05, 0) is 37.1 Å². The fourth-order valence-electron chi connectivity index (χ4n) is 2.94. The van der Waals surface area contributed by atoms with Gasteiger partial charge in [-0.1, -0.05) is 6.07 Å². The Morgan fingerprint density at radius 1 is 1.38 bits per heavy atom. The smallest absolute Gasteiger partial charge is 0.317 e. The third-order valence-electron chi connectivity index (χ3n) is 4.00. The molecule has 0 aliphatic carbocycles. The van der Waals surface area contributed by atoms with Crippen molar-refractivity contribution in [2.24, 2.45) is 0 Å². The van der Waals surface area contributed by atoms with Crippen LogP contribution in [-0.4, -0.2) is 49.6 Å². The number of likely N-dealkylation sites (tertiary alicyclic amines) is 1. The summed E-state index contributed by atoms with van der Waals surface area (Å²) in [4.78, 5) is 15.6. The van der Waals surface area contributed by atoms with Gasteiger partial charge in [0.1, 0.15) is 0 Å². The predicted molar refractivity (Wildman–Crippen MR) is 81.5 cm³/mol. The average Bonchev–Trinajstić information content (AvgIpc) is 3.20. The van der Waals surface area contributed by atoms with Crippen LogP contribution in [0.1, 0.15) is 24.1 Å². The number of amides is 2. The van der Waals surface area contributed by atoms with Crippen LogP contribution in [0.15, 0.2) is 17.5 Å². The van der Waals surface area contributed by atoms with Gasteiger partial charge >= 0.3 is 6.03 Å². The molecule has 2 aliphatic heterocycles. The number of piperidine rings is 1. The summed E-state index contributed by atoms with van der Waals surface area (Å²) in [6.45, 7) is 2.73. The lowest BCUT2D eigenvalue weighted by Gasteiger charge is -2.37. The monoisotopic (exact) mass is 310 g/mol. The second-order valence-corrected chi connectivity index (χ2v) is 6.46. The molecule has 2 saturated heterocycles. The molecule has 1 atom stereocenters. The number of hydrogen-bond acceptors (Lipinski definition) is 4. The normalized spacial score (nSPS) is 23.4. The summed E-state index contributed by atoms with van der Waals surface area (Å²) >= 11 is 1.73. The number of thiophene rings is 1. The summed E-state index contributed by atoms with van der Waals surface area (Å²) in [5, 5.41) is 5.09. The lowest BCUT2D eigenvalue weighted by Crippen LogP contribution is -2.53. The van der Waals surface area contributed by atoms with Gasteiger partial charge in [0.2, 0.25) is 0 Å². The van der Waals surface area contributed by atoms with Crippen LogP contribution in [-0.2, 0) is 15.9 Å². The summed E-state index contributed by atoms with van der Waals surface area (Å²) in [6, 6.07) is 4.20. The highest BCUT2D eigenvalue weighted by molar-refractivity contribution is 7.09. The molecule has 3 heterocycles. The molecule has 1 aromatic heterocycles. The number of rotatable bonds is 4. The van der Waals surface area contributed by atoms with E-state index in [1.807, 2.05) is 11.0 Å². The van der Waals surface area contributed by atoms with Gasteiger partial charge in [0.15, 0.2) is 6.29 Å². The van der Waals surface area contributed by atoms with Crippen LogP contribution in [0.3, 0.4) is 0 Å². The molecular weight excluding hydrogens is 288 g/mol. The van der Waals surface area contributed by atoms with E-state index in [1.165, 1.54) is 4.88 Å². The van der Waals surface area contributed by atoms with Crippen LogP contribution < -0.4 is 5.32 Å². The molecule has 1 aromatic rings. The van der Waals surface area contributed by atoms with E-state index in [0.717, 1.165) is 32.2 Å². The van der Waals surface area contributed by atoms with Gasteiger partial charge < -0.3 is 19.7 Å². The SMILES string of the molecule is O=C(NCCc1cccs1)N1CCCCC1C1OCCO1. The van der Waals surface area contributed by atoms with E-state index >= 15 is 0 Å². The van der Waals surface area contributed by atoms with Crippen molar-refractivity contribution in [1.82, 2.24) is 10.2 Å². The summed E-state index contributed by atoms with van der Waals surface area (Å²) in [5.41, 5.74) is 0. The zero-order chi connectivity index (χ0) is 14.5. The van der Waals surface area contributed by atoms with Gasteiger partial charge in [-0.25, -0.2) is 4.79 Å². The number of carbonyl (C=O) groups excluding carboxylic acids is 1. The summed E-state index contributed by atoms with van der Waals surface area (Å²) in [7, 11) is 0. The average molecular weight is 310 g/mol. The van der Waals surface area contributed by atoms with Crippen molar-refractivity contribution >= 4 is 17.4 Å². The molecule has 2 fully saturated rings.